The van der Waals surface area contributed by atoms with Gasteiger partial charge in [-0.05, 0) is 25.7 Å². The number of rotatable bonds is 7. The van der Waals surface area contributed by atoms with E-state index in [-0.39, 0.29) is 6.54 Å². The van der Waals surface area contributed by atoms with Crippen LogP contribution in [0.5, 0.6) is 0 Å². The zero-order valence-electron chi connectivity index (χ0n) is 11.1. The predicted octanol–water partition coefficient (Wildman–Crippen LogP) is 2.44. The normalized spacial score (nSPS) is 11.3. The molecule has 1 aromatic rings. The highest BCUT2D eigenvalue weighted by Crippen LogP contribution is 2.26. The van der Waals surface area contributed by atoms with Crippen molar-refractivity contribution in [1.82, 2.24) is 9.80 Å². The second-order valence-electron chi connectivity index (χ2n) is 4.62. The van der Waals surface area contributed by atoms with Crippen molar-refractivity contribution in [3.8, 4) is 0 Å². The van der Waals surface area contributed by atoms with Crippen LogP contribution in [0.4, 0.5) is 0 Å². The van der Waals surface area contributed by atoms with E-state index in [4.69, 9.17) is 28.3 Å². The smallest absolute Gasteiger partial charge is 0.317 e. The van der Waals surface area contributed by atoms with E-state index in [1.54, 1.807) is 6.07 Å². The van der Waals surface area contributed by atoms with Crippen LogP contribution in [-0.2, 0) is 11.3 Å². The molecule has 19 heavy (non-hydrogen) atoms. The molecular formula is C13H18Cl2N2O2. The maximum Gasteiger partial charge on any atom is 0.317 e. The third-order valence-corrected chi connectivity index (χ3v) is 3.51. The highest BCUT2D eigenvalue weighted by molar-refractivity contribution is 6.42. The van der Waals surface area contributed by atoms with Gasteiger partial charge in [-0.25, -0.2) is 0 Å². The van der Waals surface area contributed by atoms with Gasteiger partial charge in [-0.1, -0.05) is 35.3 Å². The van der Waals surface area contributed by atoms with Gasteiger partial charge in [0.1, 0.15) is 0 Å². The zero-order valence-corrected chi connectivity index (χ0v) is 12.6. The standard InChI is InChI=1S/C13H18Cl2N2O2/c1-16(2)6-7-17(9-12(18)19)8-10-4-3-5-11(14)13(10)15/h3-5H,6-9H2,1-2H3,(H,18,19). The summed E-state index contributed by atoms with van der Waals surface area (Å²) in [5, 5.41) is 9.91. The Kier molecular flexibility index (Phi) is 6.58. The van der Waals surface area contributed by atoms with Gasteiger partial charge in [0.2, 0.25) is 0 Å². The molecule has 0 aliphatic rings. The number of carbonyl (C=O) groups is 1. The van der Waals surface area contributed by atoms with Crippen LogP contribution in [0.3, 0.4) is 0 Å². The summed E-state index contributed by atoms with van der Waals surface area (Å²) in [7, 11) is 3.90. The van der Waals surface area contributed by atoms with Crippen LogP contribution in [0.2, 0.25) is 10.0 Å². The minimum atomic E-state index is -0.850. The maximum absolute atomic E-state index is 10.9. The molecule has 0 aromatic heterocycles. The Labute approximate surface area is 123 Å². The van der Waals surface area contributed by atoms with Crippen molar-refractivity contribution in [3.05, 3.63) is 33.8 Å². The second kappa shape index (κ2) is 7.70. The maximum atomic E-state index is 10.9. The first-order valence-corrected chi connectivity index (χ1v) is 6.67. The molecule has 0 atom stereocenters. The van der Waals surface area contributed by atoms with Gasteiger partial charge in [0.25, 0.3) is 0 Å². The molecule has 0 unspecified atom stereocenters. The Morgan fingerprint density at radius 1 is 1.26 bits per heavy atom. The fourth-order valence-electron chi connectivity index (χ4n) is 1.66. The first kappa shape index (κ1) is 16.2. The molecular weight excluding hydrogens is 287 g/mol. The van der Waals surface area contributed by atoms with Crippen LogP contribution in [0.15, 0.2) is 18.2 Å². The molecule has 0 amide bonds. The van der Waals surface area contributed by atoms with Crippen molar-refractivity contribution in [2.45, 2.75) is 6.54 Å². The lowest BCUT2D eigenvalue weighted by Gasteiger charge is -2.23. The number of benzene rings is 1. The van der Waals surface area contributed by atoms with Gasteiger partial charge in [-0.15, -0.1) is 0 Å². The van der Waals surface area contributed by atoms with Crippen molar-refractivity contribution in [3.63, 3.8) is 0 Å². The van der Waals surface area contributed by atoms with Crippen molar-refractivity contribution >= 4 is 29.2 Å². The van der Waals surface area contributed by atoms with E-state index in [2.05, 4.69) is 0 Å². The molecule has 1 rings (SSSR count). The number of hydrogen-bond donors (Lipinski definition) is 1. The van der Waals surface area contributed by atoms with Crippen LogP contribution in [0.1, 0.15) is 5.56 Å². The topological polar surface area (TPSA) is 43.8 Å². The Balaban J connectivity index is 2.75. The first-order valence-electron chi connectivity index (χ1n) is 5.92. The SMILES string of the molecule is CN(C)CCN(CC(=O)O)Cc1cccc(Cl)c1Cl. The number of halogens is 2. The first-order chi connectivity index (χ1) is 8.90. The largest absolute Gasteiger partial charge is 0.480 e. The Morgan fingerprint density at radius 2 is 1.95 bits per heavy atom. The van der Waals surface area contributed by atoms with E-state index in [0.717, 1.165) is 12.1 Å². The minimum absolute atomic E-state index is 0.0172. The molecule has 0 aliphatic heterocycles. The summed E-state index contributed by atoms with van der Waals surface area (Å²) >= 11 is 12.1. The van der Waals surface area contributed by atoms with Gasteiger partial charge in [0.05, 0.1) is 16.6 Å². The molecule has 4 nitrogen and oxygen atoms in total. The average molecular weight is 305 g/mol. The third-order valence-electron chi connectivity index (χ3n) is 2.65. The summed E-state index contributed by atoms with van der Waals surface area (Å²) < 4.78 is 0. The molecule has 1 aromatic carbocycles. The molecule has 0 saturated heterocycles. The van der Waals surface area contributed by atoms with Gasteiger partial charge in [-0.2, -0.15) is 0 Å². The number of carboxylic acids is 1. The monoisotopic (exact) mass is 304 g/mol. The summed E-state index contributed by atoms with van der Waals surface area (Å²) in [6.07, 6.45) is 0. The summed E-state index contributed by atoms with van der Waals surface area (Å²) in [5.74, 6) is -0.850. The zero-order chi connectivity index (χ0) is 14.4. The Bertz CT molecular complexity index is 439. The highest BCUT2D eigenvalue weighted by atomic mass is 35.5. The quantitative estimate of drug-likeness (QED) is 0.840. The van der Waals surface area contributed by atoms with Crippen LogP contribution in [0, 0.1) is 0 Å². The van der Waals surface area contributed by atoms with E-state index >= 15 is 0 Å². The van der Waals surface area contributed by atoms with Gasteiger partial charge >= 0.3 is 5.97 Å². The lowest BCUT2D eigenvalue weighted by molar-refractivity contribution is -0.138. The van der Waals surface area contributed by atoms with Crippen molar-refractivity contribution in [1.29, 1.82) is 0 Å². The molecule has 106 valence electrons. The Hall–Kier alpha value is -0.810. The minimum Gasteiger partial charge on any atom is -0.480 e. The van der Waals surface area contributed by atoms with Crippen molar-refractivity contribution < 1.29 is 9.90 Å². The van der Waals surface area contributed by atoms with Crippen molar-refractivity contribution in [2.75, 3.05) is 33.7 Å². The third kappa shape index (κ3) is 5.78. The van der Waals surface area contributed by atoms with Gasteiger partial charge in [0.15, 0.2) is 0 Å². The molecule has 0 spiro atoms. The van der Waals surface area contributed by atoms with E-state index in [1.807, 2.05) is 36.0 Å². The fourth-order valence-corrected chi connectivity index (χ4v) is 2.04. The number of hydrogen-bond acceptors (Lipinski definition) is 3. The van der Waals surface area contributed by atoms with E-state index in [9.17, 15) is 4.79 Å². The molecule has 6 heteroatoms. The predicted molar refractivity (Wildman–Crippen MR) is 77.9 cm³/mol. The Morgan fingerprint density at radius 3 is 2.53 bits per heavy atom. The van der Waals surface area contributed by atoms with Gasteiger partial charge < -0.3 is 10.0 Å². The molecule has 1 N–H and O–H groups in total. The van der Waals surface area contributed by atoms with Gasteiger partial charge in [-0.3, -0.25) is 9.69 Å². The molecule has 0 bridgehead atoms. The molecule has 0 heterocycles. The number of aliphatic carboxylic acids is 1. The molecule has 0 radical (unpaired) electrons. The highest BCUT2D eigenvalue weighted by Gasteiger charge is 2.13. The number of carboxylic acid groups (broad SMARTS) is 1. The second-order valence-corrected chi connectivity index (χ2v) is 5.41. The average Bonchev–Trinajstić information content (AvgIpc) is 2.31. The fraction of sp³-hybridized carbons (Fsp3) is 0.462. The van der Waals surface area contributed by atoms with E-state index < -0.39 is 5.97 Å². The van der Waals surface area contributed by atoms with Gasteiger partial charge in [0, 0.05) is 19.6 Å². The number of likely N-dealkylation sites (N-methyl/N-ethyl adjacent to an activating group) is 1. The summed E-state index contributed by atoms with van der Waals surface area (Å²) in [4.78, 5) is 14.7. The van der Waals surface area contributed by atoms with Crippen LogP contribution in [-0.4, -0.2) is 54.6 Å². The summed E-state index contributed by atoms with van der Waals surface area (Å²) in [6, 6.07) is 5.39. The van der Waals surface area contributed by atoms with Crippen LogP contribution >= 0.6 is 23.2 Å². The van der Waals surface area contributed by atoms with Crippen LogP contribution in [0.25, 0.3) is 0 Å². The summed E-state index contributed by atoms with van der Waals surface area (Å²) in [5.41, 5.74) is 0.842. The lowest BCUT2D eigenvalue weighted by atomic mass is 10.2. The molecule has 0 saturated carbocycles. The van der Waals surface area contributed by atoms with Crippen LogP contribution < -0.4 is 0 Å². The lowest BCUT2D eigenvalue weighted by Crippen LogP contribution is -2.35. The molecule has 0 fully saturated rings. The van der Waals surface area contributed by atoms with Crippen molar-refractivity contribution in [2.24, 2.45) is 0 Å². The van der Waals surface area contributed by atoms with E-state index in [0.29, 0.717) is 23.1 Å². The van der Waals surface area contributed by atoms with E-state index in [1.165, 1.54) is 0 Å². The summed E-state index contributed by atoms with van der Waals surface area (Å²) in [6.45, 7) is 1.89. The number of nitrogens with zero attached hydrogens (tertiary/aromatic N) is 2. The molecule has 0 aliphatic carbocycles.